The van der Waals surface area contributed by atoms with Crippen molar-refractivity contribution in [2.24, 2.45) is 0 Å². The van der Waals surface area contributed by atoms with Gasteiger partial charge >= 0.3 is 5.63 Å². The van der Waals surface area contributed by atoms with Gasteiger partial charge in [-0.05, 0) is 48.9 Å². The lowest BCUT2D eigenvalue weighted by Crippen LogP contribution is -2.45. The van der Waals surface area contributed by atoms with Crippen LogP contribution in [0.25, 0.3) is 11.0 Å². The van der Waals surface area contributed by atoms with Crippen molar-refractivity contribution >= 4 is 38.7 Å². The summed E-state index contributed by atoms with van der Waals surface area (Å²) in [4.78, 5) is 36.0. The van der Waals surface area contributed by atoms with Gasteiger partial charge in [0, 0.05) is 9.86 Å². The van der Waals surface area contributed by atoms with Crippen molar-refractivity contribution in [3.05, 3.63) is 74.6 Å². The van der Waals surface area contributed by atoms with E-state index in [-0.39, 0.29) is 12.2 Å². The molecule has 2 N–H and O–H groups in total. The lowest BCUT2D eigenvalue weighted by Gasteiger charge is -2.09. The van der Waals surface area contributed by atoms with Crippen LogP contribution in [0.15, 0.2) is 62.2 Å². The van der Waals surface area contributed by atoms with E-state index in [1.54, 1.807) is 30.3 Å². The number of aryl methyl sites for hydroxylation is 1. The highest BCUT2D eigenvalue weighted by Gasteiger charge is 2.15. The third-order valence-electron chi connectivity index (χ3n) is 3.61. The van der Waals surface area contributed by atoms with E-state index in [9.17, 15) is 14.4 Å². The molecule has 27 heavy (non-hydrogen) atoms. The smallest absolute Gasteiger partial charge is 0.349 e. The zero-order valence-electron chi connectivity index (χ0n) is 14.2. The summed E-state index contributed by atoms with van der Waals surface area (Å²) in [5, 5.41) is 0.572. The molecule has 0 aliphatic heterocycles. The van der Waals surface area contributed by atoms with Crippen molar-refractivity contribution in [2.75, 3.05) is 6.61 Å². The third kappa shape index (κ3) is 4.73. The van der Waals surface area contributed by atoms with Crippen LogP contribution in [0.5, 0.6) is 5.75 Å². The van der Waals surface area contributed by atoms with Crippen molar-refractivity contribution in [3.8, 4) is 5.75 Å². The van der Waals surface area contributed by atoms with E-state index in [2.05, 4.69) is 26.8 Å². The second-order valence-corrected chi connectivity index (χ2v) is 6.65. The molecule has 2 aromatic carbocycles. The normalized spacial score (nSPS) is 10.4. The molecular weight excluding hydrogens is 416 g/mol. The van der Waals surface area contributed by atoms with Crippen LogP contribution in [-0.2, 0) is 4.79 Å². The first-order valence-electron chi connectivity index (χ1n) is 7.94. The molecule has 7 nitrogen and oxygen atoms in total. The van der Waals surface area contributed by atoms with Crippen LogP contribution < -0.4 is 21.2 Å². The Bertz CT molecular complexity index is 1080. The first-order valence-corrected chi connectivity index (χ1v) is 8.74. The second kappa shape index (κ2) is 8.05. The molecule has 0 unspecified atom stereocenters. The fraction of sp³-hybridized carbons (Fsp3) is 0.105. The lowest BCUT2D eigenvalue weighted by molar-refractivity contribution is -0.123. The summed E-state index contributed by atoms with van der Waals surface area (Å²) < 4.78 is 11.2. The maximum atomic E-state index is 12.2. The molecule has 0 radical (unpaired) electrons. The number of fused-ring (bicyclic) bond motifs is 1. The van der Waals surface area contributed by atoms with Gasteiger partial charge in [0.25, 0.3) is 11.8 Å². The number of hydrazine groups is 1. The van der Waals surface area contributed by atoms with E-state index in [0.717, 1.165) is 10.0 Å². The summed E-state index contributed by atoms with van der Waals surface area (Å²) in [6.45, 7) is 1.61. The quantitative estimate of drug-likeness (QED) is 0.489. The molecule has 0 atom stereocenters. The van der Waals surface area contributed by atoms with Gasteiger partial charge in [0.1, 0.15) is 16.9 Å². The van der Waals surface area contributed by atoms with Crippen LogP contribution in [0.1, 0.15) is 15.9 Å². The maximum absolute atomic E-state index is 12.2. The number of hydrogen-bond donors (Lipinski definition) is 2. The molecule has 1 aromatic heterocycles. The zero-order valence-corrected chi connectivity index (χ0v) is 15.8. The number of ether oxygens (including phenoxy) is 1. The Balaban J connectivity index is 1.61. The first kappa shape index (κ1) is 18.7. The minimum atomic E-state index is -0.799. The first-order chi connectivity index (χ1) is 12.9. The van der Waals surface area contributed by atoms with Crippen molar-refractivity contribution in [2.45, 2.75) is 6.92 Å². The number of benzene rings is 2. The second-order valence-electron chi connectivity index (χ2n) is 5.74. The van der Waals surface area contributed by atoms with Gasteiger partial charge in [-0.3, -0.25) is 20.4 Å². The maximum Gasteiger partial charge on any atom is 0.349 e. The molecule has 138 valence electrons. The topological polar surface area (TPSA) is 97.6 Å². The van der Waals surface area contributed by atoms with Gasteiger partial charge in [-0.25, -0.2) is 4.79 Å². The van der Waals surface area contributed by atoms with E-state index in [4.69, 9.17) is 9.15 Å². The van der Waals surface area contributed by atoms with Gasteiger partial charge in [-0.2, -0.15) is 0 Å². The zero-order chi connectivity index (χ0) is 19.4. The van der Waals surface area contributed by atoms with Crippen LogP contribution in [0.2, 0.25) is 0 Å². The van der Waals surface area contributed by atoms with Crippen molar-refractivity contribution in [3.63, 3.8) is 0 Å². The minimum absolute atomic E-state index is 0.222. The Morgan fingerprint density at radius 3 is 2.70 bits per heavy atom. The van der Waals surface area contributed by atoms with Crippen LogP contribution >= 0.6 is 15.9 Å². The monoisotopic (exact) mass is 430 g/mol. The van der Waals surface area contributed by atoms with Gasteiger partial charge in [0.05, 0.1) is 0 Å². The molecule has 0 aliphatic rings. The Hall–Kier alpha value is -3.13. The fourth-order valence-corrected chi connectivity index (χ4v) is 2.72. The molecule has 0 spiro atoms. The Morgan fingerprint density at radius 1 is 1.11 bits per heavy atom. The molecule has 1 heterocycles. The highest BCUT2D eigenvalue weighted by Crippen LogP contribution is 2.19. The summed E-state index contributed by atoms with van der Waals surface area (Å²) in [7, 11) is 0. The fourth-order valence-electron chi connectivity index (χ4n) is 2.34. The van der Waals surface area contributed by atoms with E-state index >= 15 is 0 Å². The van der Waals surface area contributed by atoms with E-state index in [1.807, 2.05) is 19.1 Å². The van der Waals surface area contributed by atoms with Crippen LogP contribution in [0, 0.1) is 6.92 Å². The molecule has 3 aromatic rings. The predicted octanol–water partition coefficient (Wildman–Crippen LogP) is 2.70. The SMILES string of the molecule is Cc1cccc(OCC(=O)NNC(=O)c2cc3cc(Br)ccc3oc2=O)c1. The minimum Gasteiger partial charge on any atom is -0.484 e. The summed E-state index contributed by atoms with van der Waals surface area (Å²) >= 11 is 3.31. The van der Waals surface area contributed by atoms with Gasteiger partial charge in [-0.15, -0.1) is 0 Å². The average Bonchev–Trinajstić information content (AvgIpc) is 2.64. The van der Waals surface area contributed by atoms with Crippen LogP contribution in [0.3, 0.4) is 0 Å². The molecule has 0 aliphatic carbocycles. The summed E-state index contributed by atoms with van der Waals surface area (Å²) in [6, 6.07) is 13.7. The molecule has 8 heteroatoms. The number of nitrogens with one attached hydrogen (secondary N) is 2. The van der Waals surface area contributed by atoms with Gasteiger partial charge < -0.3 is 9.15 Å². The van der Waals surface area contributed by atoms with Gasteiger partial charge in [-0.1, -0.05) is 28.1 Å². The summed E-state index contributed by atoms with van der Waals surface area (Å²) in [5.41, 5.74) is 4.71. The van der Waals surface area contributed by atoms with Gasteiger partial charge in [0.15, 0.2) is 6.61 Å². The standard InChI is InChI=1S/C19H15BrN2O5/c1-11-3-2-4-14(7-11)26-10-17(23)21-22-18(24)15-9-12-8-13(20)5-6-16(12)27-19(15)25/h2-9H,10H2,1H3,(H,21,23)(H,22,24). The summed E-state index contributed by atoms with van der Waals surface area (Å²) in [6.07, 6.45) is 0. The molecule has 0 fully saturated rings. The number of amides is 2. The van der Waals surface area contributed by atoms with E-state index in [1.165, 1.54) is 6.07 Å². The molecule has 0 bridgehead atoms. The molecular formula is C19H15BrN2O5. The molecule has 2 amide bonds. The van der Waals surface area contributed by atoms with Crippen molar-refractivity contribution in [1.29, 1.82) is 0 Å². The van der Waals surface area contributed by atoms with E-state index < -0.39 is 17.4 Å². The number of halogens is 1. The van der Waals surface area contributed by atoms with Gasteiger partial charge in [0.2, 0.25) is 0 Å². The predicted molar refractivity (Wildman–Crippen MR) is 102 cm³/mol. The largest absolute Gasteiger partial charge is 0.484 e. The Kier molecular flexibility index (Phi) is 5.56. The van der Waals surface area contributed by atoms with Crippen molar-refractivity contribution in [1.82, 2.24) is 10.9 Å². The average molecular weight is 431 g/mol. The number of carbonyl (C=O) groups is 2. The summed E-state index contributed by atoms with van der Waals surface area (Å²) in [5.74, 6) is -0.815. The lowest BCUT2D eigenvalue weighted by atomic mass is 10.2. The Labute approximate surface area is 162 Å². The van der Waals surface area contributed by atoms with Crippen molar-refractivity contribution < 1.29 is 18.7 Å². The molecule has 0 saturated carbocycles. The number of carbonyl (C=O) groups excluding carboxylic acids is 2. The Morgan fingerprint density at radius 2 is 1.93 bits per heavy atom. The number of hydrogen-bond acceptors (Lipinski definition) is 5. The highest BCUT2D eigenvalue weighted by molar-refractivity contribution is 9.10. The molecule has 3 rings (SSSR count). The third-order valence-corrected chi connectivity index (χ3v) is 4.11. The van der Waals surface area contributed by atoms with Crippen LogP contribution in [0.4, 0.5) is 0 Å². The van der Waals surface area contributed by atoms with Crippen LogP contribution in [-0.4, -0.2) is 18.4 Å². The van der Waals surface area contributed by atoms with E-state index in [0.29, 0.717) is 16.7 Å². The highest BCUT2D eigenvalue weighted by atomic mass is 79.9. The number of rotatable bonds is 4. The molecule has 0 saturated heterocycles.